The Labute approximate surface area is 162 Å². The summed E-state index contributed by atoms with van der Waals surface area (Å²) < 4.78 is 7.71. The molecule has 0 unspecified atom stereocenters. The van der Waals surface area contributed by atoms with E-state index < -0.39 is 0 Å². The number of hydrogen-bond acceptors (Lipinski definition) is 6. The fourth-order valence-electron chi connectivity index (χ4n) is 2.99. The van der Waals surface area contributed by atoms with E-state index in [9.17, 15) is 4.79 Å². The zero-order valence-corrected chi connectivity index (χ0v) is 16.4. The monoisotopic (exact) mass is 426 g/mol. The third-order valence-corrected chi connectivity index (χ3v) is 4.59. The predicted molar refractivity (Wildman–Crippen MR) is 104 cm³/mol. The van der Waals surface area contributed by atoms with Gasteiger partial charge in [-0.2, -0.15) is 4.98 Å². The molecule has 0 saturated heterocycles. The second-order valence-electron chi connectivity index (χ2n) is 6.04. The van der Waals surface area contributed by atoms with Crippen molar-refractivity contribution in [3.05, 3.63) is 56.5 Å². The van der Waals surface area contributed by atoms with Gasteiger partial charge in [-0.3, -0.25) is 4.79 Å². The summed E-state index contributed by atoms with van der Waals surface area (Å²) in [5.74, 6) is 0.308. The van der Waals surface area contributed by atoms with Crippen molar-refractivity contribution >= 4 is 27.0 Å². The molecule has 136 valence electrons. The number of ether oxygens (including phenoxy) is 1. The van der Waals surface area contributed by atoms with Crippen molar-refractivity contribution in [3.8, 4) is 23.2 Å². The summed E-state index contributed by atoms with van der Waals surface area (Å²) in [5.41, 5.74) is 3.49. The Kier molecular flexibility index (Phi) is 4.23. The molecular weight excluding hydrogens is 412 g/mol. The van der Waals surface area contributed by atoms with Gasteiger partial charge >= 0.3 is 6.01 Å². The number of aromatic nitrogens is 6. The summed E-state index contributed by atoms with van der Waals surface area (Å²) in [5, 5.41) is 4.92. The summed E-state index contributed by atoms with van der Waals surface area (Å²) in [6.07, 6.45) is 3.23. The fourth-order valence-corrected chi connectivity index (χ4v) is 3.67. The van der Waals surface area contributed by atoms with E-state index in [2.05, 4.69) is 41.0 Å². The van der Waals surface area contributed by atoms with Crippen LogP contribution in [0.15, 0.2) is 39.9 Å². The number of methoxy groups -OCH3 is 1. The molecule has 0 atom stereocenters. The van der Waals surface area contributed by atoms with Gasteiger partial charge in [-0.25, -0.2) is 14.6 Å². The number of fused-ring (bicyclic) bond motifs is 1. The number of aryl methyl sites for hydroxylation is 2. The van der Waals surface area contributed by atoms with Gasteiger partial charge in [0.2, 0.25) is 0 Å². The Morgan fingerprint density at radius 1 is 1.19 bits per heavy atom. The Bertz CT molecular complexity index is 1210. The van der Waals surface area contributed by atoms with E-state index in [1.54, 1.807) is 23.1 Å². The first-order chi connectivity index (χ1) is 13.0. The molecular formula is C18H15BrN6O2. The number of aromatic amines is 1. The second-order valence-corrected chi connectivity index (χ2v) is 6.96. The van der Waals surface area contributed by atoms with Crippen molar-refractivity contribution in [2.45, 2.75) is 13.8 Å². The van der Waals surface area contributed by atoms with Crippen LogP contribution in [0.3, 0.4) is 0 Å². The molecule has 0 aliphatic heterocycles. The van der Waals surface area contributed by atoms with Gasteiger partial charge in [-0.15, -0.1) is 5.10 Å². The van der Waals surface area contributed by atoms with Crippen LogP contribution in [0.2, 0.25) is 0 Å². The Morgan fingerprint density at radius 3 is 2.63 bits per heavy atom. The number of rotatable bonds is 3. The van der Waals surface area contributed by atoms with Gasteiger partial charge in [-0.05, 0) is 43.2 Å². The highest BCUT2D eigenvalue weighted by atomic mass is 79.9. The molecule has 3 aromatic heterocycles. The van der Waals surface area contributed by atoms with Gasteiger partial charge in [0.15, 0.2) is 11.5 Å². The standard InChI is InChI=1S/C18H15BrN6O2/c1-9-6-11(19)7-10(2)14(9)25-8-12-15(24-25)22-16(23-17(12)26)13-4-5-20-18(21-13)27-3/h4-8H,1-3H3,(H,22,23,24,26). The van der Waals surface area contributed by atoms with Crippen molar-refractivity contribution < 1.29 is 4.74 Å². The molecule has 27 heavy (non-hydrogen) atoms. The van der Waals surface area contributed by atoms with Crippen molar-refractivity contribution in [1.82, 2.24) is 29.7 Å². The van der Waals surface area contributed by atoms with Gasteiger partial charge < -0.3 is 9.72 Å². The largest absolute Gasteiger partial charge is 0.467 e. The lowest BCUT2D eigenvalue weighted by Gasteiger charge is -2.10. The molecule has 0 fully saturated rings. The molecule has 0 aliphatic rings. The lowest BCUT2D eigenvalue weighted by molar-refractivity contribution is 0.380. The van der Waals surface area contributed by atoms with Crippen LogP contribution in [-0.4, -0.2) is 36.8 Å². The summed E-state index contributed by atoms with van der Waals surface area (Å²) >= 11 is 3.49. The first-order valence-corrected chi connectivity index (χ1v) is 8.90. The van der Waals surface area contributed by atoms with Crippen LogP contribution < -0.4 is 10.3 Å². The topological polar surface area (TPSA) is 98.6 Å². The zero-order chi connectivity index (χ0) is 19.1. The highest BCUT2D eigenvalue weighted by molar-refractivity contribution is 9.10. The zero-order valence-electron chi connectivity index (χ0n) is 14.8. The van der Waals surface area contributed by atoms with Gasteiger partial charge in [0.05, 0.1) is 12.8 Å². The first-order valence-electron chi connectivity index (χ1n) is 8.10. The number of nitrogens with zero attached hydrogens (tertiary/aromatic N) is 5. The summed E-state index contributed by atoms with van der Waals surface area (Å²) in [6.45, 7) is 3.99. The van der Waals surface area contributed by atoms with E-state index in [0.29, 0.717) is 22.6 Å². The van der Waals surface area contributed by atoms with Crippen LogP contribution >= 0.6 is 15.9 Å². The van der Waals surface area contributed by atoms with Gasteiger partial charge in [-0.1, -0.05) is 15.9 Å². The van der Waals surface area contributed by atoms with E-state index in [1.165, 1.54) is 7.11 Å². The highest BCUT2D eigenvalue weighted by Crippen LogP contribution is 2.25. The van der Waals surface area contributed by atoms with E-state index in [4.69, 9.17) is 4.74 Å². The first kappa shape index (κ1) is 17.3. The van der Waals surface area contributed by atoms with Crippen LogP contribution in [0.5, 0.6) is 6.01 Å². The average molecular weight is 427 g/mol. The maximum Gasteiger partial charge on any atom is 0.316 e. The van der Waals surface area contributed by atoms with E-state index in [1.807, 2.05) is 26.0 Å². The lowest BCUT2D eigenvalue weighted by atomic mass is 10.1. The number of benzene rings is 1. The minimum atomic E-state index is -0.286. The molecule has 4 aromatic rings. The third kappa shape index (κ3) is 3.10. The van der Waals surface area contributed by atoms with Crippen molar-refractivity contribution in [3.63, 3.8) is 0 Å². The maximum atomic E-state index is 12.6. The average Bonchev–Trinajstić information content (AvgIpc) is 3.05. The molecule has 9 heteroatoms. The quantitative estimate of drug-likeness (QED) is 0.540. The second kappa shape index (κ2) is 6.58. The number of H-pyrrole nitrogens is 1. The van der Waals surface area contributed by atoms with Crippen molar-refractivity contribution in [2.24, 2.45) is 0 Å². The fraction of sp³-hybridized carbons (Fsp3) is 0.167. The predicted octanol–water partition coefficient (Wildman–Crippen LogP) is 2.95. The summed E-state index contributed by atoms with van der Waals surface area (Å²) in [7, 11) is 1.48. The molecule has 0 bridgehead atoms. The smallest absolute Gasteiger partial charge is 0.316 e. The molecule has 1 N–H and O–H groups in total. The summed E-state index contributed by atoms with van der Waals surface area (Å²) in [4.78, 5) is 27.9. The van der Waals surface area contributed by atoms with Crippen LogP contribution in [-0.2, 0) is 0 Å². The lowest BCUT2D eigenvalue weighted by Crippen LogP contribution is -2.09. The molecule has 4 rings (SSSR count). The molecule has 0 radical (unpaired) electrons. The Hall–Kier alpha value is -3.07. The maximum absolute atomic E-state index is 12.6. The van der Waals surface area contributed by atoms with E-state index >= 15 is 0 Å². The minimum absolute atomic E-state index is 0.196. The SMILES string of the molecule is COc1nccc(-c2nc3nn(-c4c(C)cc(Br)cc4C)cc3c(=O)[nH]2)n1. The van der Waals surface area contributed by atoms with E-state index in [0.717, 1.165) is 21.3 Å². The molecule has 8 nitrogen and oxygen atoms in total. The van der Waals surface area contributed by atoms with Crippen LogP contribution in [0.4, 0.5) is 0 Å². The molecule has 0 spiro atoms. The Balaban J connectivity index is 1.89. The van der Waals surface area contributed by atoms with Crippen LogP contribution in [0, 0.1) is 13.8 Å². The number of halogens is 1. The molecule has 1 aromatic carbocycles. The van der Waals surface area contributed by atoms with E-state index in [-0.39, 0.29) is 11.6 Å². The highest BCUT2D eigenvalue weighted by Gasteiger charge is 2.14. The van der Waals surface area contributed by atoms with Gasteiger partial charge in [0.25, 0.3) is 5.56 Å². The van der Waals surface area contributed by atoms with Crippen LogP contribution in [0.1, 0.15) is 11.1 Å². The number of hydrogen-bond donors (Lipinski definition) is 1. The molecule has 0 aliphatic carbocycles. The normalized spacial score (nSPS) is 11.1. The third-order valence-electron chi connectivity index (χ3n) is 4.13. The minimum Gasteiger partial charge on any atom is -0.467 e. The van der Waals surface area contributed by atoms with Gasteiger partial charge in [0.1, 0.15) is 11.1 Å². The molecule has 3 heterocycles. The molecule has 0 saturated carbocycles. The van der Waals surface area contributed by atoms with Crippen molar-refractivity contribution in [1.29, 1.82) is 0 Å². The van der Waals surface area contributed by atoms with Gasteiger partial charge in [0, 0.05) is 16.9 Å². The Morgan fingerprint density at radius 2 is 1.93 bits per heavy atom. The molecule has 0 amide bonds. The van der Waals surface area contributed by atoms with Crippen molar-refractivity contribution in [2.75, 3.05) is 7.11 Å². The van der Waals surface area contributed by atoms with Crippen LogP contribution in [0.25, 0.3) is 28.2 Å². The summed E-state index contributed by atoms with van der Waals surface area (Å²) in [6, 6.07) is 5.85. The number of nitrogens with one attached hydrogen (secondary N) is 1.